The maximum absolute atomic E-state index is 14.5. The molecule has 0 aliphatic heterocycles. The van der Waals surface area contributed by atoms with Gasteiger partial charge >= 0.3 is 0 Å². The van der Waals surface area contributed by atoms with Crippen LogP contribution in [0, 0.1) is 13.8 Å². The highest BCUT2D eigenvalue weighted by atomic mass is 32.3. The minimum absolute atomic E-state index is 0.00397. The number of aryl methyl sites for hydroxylation is 2. The Morgan fingerprint density at radius 3 is 1.44 bits per heavy atom. The molecule has 0 heterocycles. The molecule has 0 fully saturated rings. The first-order valence-electron chi connectivity index (χ1n) is 10.8. The summed E-state index contributed by atoms with van der Waals surface area (Å²) < 4.78 is 48.1. The van der Waals surface area contributed by atoms with Gasteiger partial charge in [0, 0.05) is 0 Å². The minimum atomic E-state index is -4.22. The van der Waals surface area contributed by atoms with Crippen molar-refractivity contribution in [2.24, 2.45) is 3.77 Å². The second-order valence-electron chi connectivity index (χ2n) is 8.07. The third-order valence-corrected chi connectivity index (χ3v) is 9.36. The van der Waals surface area contributed by atoms with E-state index in [0.717, 1.165) is 22.3 Å². The first kappa shape index (κ1) is 23.9. The molecular formula is C27H26N2O3S2. The van der Waals surface area contributed by atoms with Crippen LogP contribution < -0.4 is 4.72 Å². The van der Waals surface area contributed by atoms with Crippen molar-refractivity contribution in [2.75, 3.05) is 0 Å². The predicted octanol–water partition coefficient (Wildman–Crippen LogP) is 5.81. The Labute approximate surface area is 201 Å². The van der Waals surface area contributed by atoms with Gasteiger partial charge in [-0.1, -0.05) is 99.8 Å². The monoisotopic (exact) mass is 490 g/mol. The smallest absolute Gasteiger partial charge is 0.227 e. The molecular weight excluding hydrogens is 464 g/mol. The second kappa shape index (κ2) is 9.93. The van der Waals surface area contributed by atoms with E-state index in [1.165, 1.54) is 12.1 Å². The van der Waals surface area contributed by atoms with Gasteiger partial charge < -0.3 is 0 Å². The van der Waals surface area contributed by atoms with Gasteiger partial charge in [0.05, 0.1) is 15.8 Å². The van der Waals surface area contributed by atoms with Crippen LogP contribution >= 0.6 is 0 Å². The first-order chi connectivity index (χ1) is 16.3. The molecule has 0 radical (unpaired) electrons. The Morgan fingerprint density at radius 2 is 1.00 bits per heavy atom. The van der Waals surface area contributed by atoms with E-state index >= 15 is 0 Å². The van der Waals surface area contributed by atoms with Crippen LogP contribution in [0.4, 0.5) is 0 Å². The van der Waals surface area contributed by atoms with Gasteiger partial charge in [-0.25, -0.2) is 8.93 Å². The number of benzene rings is 4. The molecule has 4 aromatic carbocycles. The lowest BCUT2D eigenvalue weighted by molar-refractivity contribution is 0.597. The molecule has 4 aromatic rings. The third-order valence-electron chi connectivity index (χ3n) is 5.41. The molecule has 5 nitrogen and oxygen atoms in total. The molecule has 1 unspecified atom stereocenters. The number of hydrogen-bond donors (Lipinski definition) is 1. The lowest BCUT2D eigenvalue weighted by atomic mass is 10.00. The Hall–Kier alpha value is -3.26. The van der Waals surface area contributed by atoms with Gasteiger partial charge in [0.1, 0.15) is 0 Å². The average Bonchev–Trinajstić information content (AvgIpc) is 2.84. The molecule has 174 valence electrons. The van der Waals surface area contributed by atoms with Crippen LogP contribution in [0.5, 0.6) is 0 Å². The van der Waals surface area contributed by atoms with E-state index in [0.29, 0.717) is 4.90 Å². The van der Waals surface area contributed by atoms with Gasteiger partial charge in [-0.15, -0.1) is 0 Å². The SMILES string of the molecule is Cc1ccc(S(=O)(=O)N=S(=O)(NC(c2ccccc2)c2ccccc2)c2ccc(C)cc2)cc1. The van der Waals surface area contributed by atoms with E-state index in [1.54, 1.807) is 36.4 Å². The van der Waals surface area contributed by atoms with E-state index < -0.39 is 26.0 Å². The molecule has 1 N–H and O–H groups in total. The number of sulfonamides is 1. The molecule has 1 atom stereocenters. The van der Waals surface area contributed by atoms with Gasteiger partial charge in [-0.2, -0.15) is 8.42 Å². The summed E-state index contributed by atoms with van der Waals surface area (Å²) in [4.78, 5) is 0.293. The van der Waals surface area contributed by atoms with Gasteiger partial charge in [-0.3, -0.25) is 0 Å². The van der Waals surface area contributed by atoms with Crippen LogP contribution in [0.3, 0.4) is 0 Å². The number of hydrogen-bond acceptors (Lipinski definition) is 3. The van der Waals surface area contributed by atoms with E-state index in [9.17, 15) is 12.6 Å². The van der Waals surface area contributed by atoms with Gasteiger partial charge in [-0.05, 0) is 49.2 Å². The summed E-state index contributed by atoms with van der Waals surface area (Å²) in [6.45, 7) is 3.78. The molecule has 0 saturated heterocycles. The molecule has 0 spiro atoms. The van der Waals surface area contributed by atoms with Crippen LogP contribution in [0.1, 0.15) is 28.3 Å². The molecule has 0 aromatic heterocycles. The maximum atomic E-state index is 14.5. The van der Waals surface area contributed by atoms with Gasteiger partial charge in [0.2, 0.25) is 0 Å². The second-order valence-corrected chi connectivity index (χ2v) is 11.9. The molecule has 0 aliphatic rings. The molecule has 7 heteroatoms. The summed E-state index contributed by atoms with van der Waals surface area (Å²) in [5, 5.41) is 0. The lowest BCUT2D eigenvalue weighted by Gasteiger charge is -2.22. The zero-order valence-electron chi connectivity index (χ0n) is 19.0. The normalized spacial score (nSPS) is 13.4. The highest BCUT2D eigenvalue weighted by Gasteiger charge is 2.25. The number of nitrogens with zero attached hydrogens (tertiary/aromatic N) is 1. The summed E-state index contributed by atoms with van der Waals surface area (Å²) in [7, 11) is -7.82. The molecule has 0 saturated carbocycles. The summed E-state index contributed by atoms with van der Waals surface area (Å²) in [5.41, 5.74) is 3.58. The fourth-order valence-electron chi connectivity index (χ4n) is 3.53. The van der Waals surface area contributed by atoms with Crippen molar-refractivity contribution in [3.63, 3.8) is 0 Å². The molecule has 4 rings (SSSR count). The van der Waals surface area contributed by atoms with Crippen molar-refractivity contribution < 1.29 is 12.6 Å². The van der Waals surface area contributed by atoms with Crippen molar-refractivity contribution in [1.82, 2.24) is 4.72 Å². The van der Waals surface area contributed by atoms with Crippen LogP contribution in [0.2, 0.25) is 0 Å². The number of rotatable bonds is 7. The maximum Gasteiger partial charge on any atom is 0.291 e. The van der Waals surface area contributed by atoms with E-state index in [4.69, 9.17) is 0 Å². The van der Waals surface area contributed by atoms with Crippen molar-refractivity contribution in [3.05, 3.63) is 131 Å². The van der Waals surface area contributed by atoms with Gasteiger partial charge in [0.25, 0.3) is 10.0 Å². The Bertz CT molecular complexity index is 1440. The minimum Gasteiger partial charge on any atom is -0.227 e. The summed E-state index contributed by atoms with van der Waals surface area (Å²) in [6, 6.07) is 31.7. The third kappa shape index (κ3) is 5.44. The van der Waals surface area contributed by atoms with Gasteiger partial charge in [0.15, 0.2) is 9.92 Å². The van der Waals surface area contributed by atoms with Crippen molar-refractivity contribution in [2.45, 2.75) is 29.7 Å². The molecule has 34 heavy (non-hydrogen) atoms. The highest BCUT2D eigenvalue weighted by molar-refractivity contribution is 8.02. The summed E-state index contributed by atoms with van der Waals surface area (Å²) in [5.74, 6) is 0. The van der Waals surface area contributed by atoms with Crippen molar-refractivity contribution >= 4 is 19.9 Å². The van der Waals surface area contributed by atoms with E-state index in [2.05, 4.69) is 8.49 Å². The van der Waals surface area contributed by atoms with Crippen LogP contribution in [0.15, 0.2) is 123 Å². The van der Waals surface area contributed by atoms with Crippen LogP contribution in [-0.4, -0.2) is 12.6 Å². The summed E-state index contributed by atoms with van der Waals surface area (Å²) in [6.07, 6.45) is 0. The topological polar surface area (TPSA) is 75.6 Å². The van der Waals surface area contributed by atoms with Crippen molar-refractivity contribution in [1.29, 1.82) is 0 Å². The predicted molar refractivity (Wildman–Crippen MR) is 136 cm³/mol. The first-order valence-corrected chi connectivity index (χ1v) is 13.8. The Morgan fingerprint density at radius 1 is 0.588 bits per heavy atom. The molecule has 0 bridgehead atoms. The zero-order chi connectivity index (χ0) is 24.2. The van der Waals surface area contributed by atoms with E-state index in [1.807, 2.05) is 74.5 Å². The van der Waals surface area contributed by atoms with Crippen LogP contribution in [-0.2, 0) is 19.9 Å². The Kier molecular flexibility index (Phi) is 6.97. The average molecular weight is 491 g/mol. The summed E-state index contributed by atoms with van der Waals surface area (Å²) >= 11 is 0. The molecule has 0 aliphatic carbocycles. The quantitative estimate of drug-likeness (QED) is 0.355. The van der Waals surface area contributed by atoms with Crippen LogP contribution in [0.25, 0.3) is 0 Å². The lowest BCUT2D eigenvalue weighted by Crippen LogP contribution is -2.30. The van der Waals surface area contributed by atoms with Crippen molar-refractivity contribution in [3.8, 4) is 0 Å². The molecule has 0 amide bonds. The number of nitrogens with one attached hydrogen (secondary N) is 1. The fourth-order valence-corrected chi connectivity index (χ4v) is 7.20. The fraction of sp³-hybridized carbons (Fsp3) is 0.111. The van der Waals surface area contributed by atoms with E-state index in [-0.39, 0.29) is 4.90 Å². The zero-order valence-corrected chi connectivity index (χ0v) is 20.6. The Balaban J connectivity index is 1.90. The standard InChI is InChI=1S/C27H26N2O3S2/c1-21-13-17-25(18-14-21)33(30,29-34(31,32)26-19-15-22(2)16-20-26)28-27(23-9-5-3-6-10-23)24-11-7-4-8-12-24/h3-20,27H,1-2H3,(H,28,29,30). The largest absolute Gasteiger partial charge is 0.291 e. The highest BCUT2D eigenvalue weighted by Crippen LogP contribution is 2.27.